The number of para-hydroxylation sites is 1. The van der Waals surface area contributed by atoms with Gasteiger partial charge < -0.3 is 15.5 Å². The van der Waals surface area contributed by atoms with Crippen molar-refractivity contribution in [2.45, 2.75) is 19.8 Å². The van der Waals surface area contributed by atoms with Crippen LogP contribution >= 0.6 is 0 Å². The van der Waals surface area contributed by atoms with Gasteiger partial charge in [-0.25, -0.2) is 4.98 Å². The third-order valence-corrected chi connectivity index (χ3v) is 4.90. The molecule has 8 heteroatoms. The van der Waals surface area contributed by atoms with Crippen LogP contribution in [-0.4, -0.2) is 56.1 Å². The van der Waals surface area contributed by atoms with Crippen molar-refractivity contribution in [2.24, 2.45) is 5.92 Å². The fourth-order valence-electron chi connectivity index (χ4n) is 3.48. The zero-order chi connectivity index (χ0) is 19.7. The molecule has 1 aliphatic rings. The number of nitrogens with zero attached hydrogens (tertiary/aromatic N) is 7. The molecule has 0 bridgehead atoms. The monoisotopic (exact) mass is 378 g/mol. The van der Waals surface area contributed by atoms with E-state index in [9.17, 15) is 0 Å². The van der Waals surface area contributed by atoms with Gasteiger partial charge in [0.05, 0.1) is 5.69 Å². The zero-order valence-electron chi connectivity index (χ0n) is 16.5. The predicted molar refractivity (Wildman–Crippen MR) is 110 cm³/mol. The van der Waals surface area contributed by atoms with E-state index in [0.29, 0.717) is 23.7 Å². The number of hydrogen-bond donors (Lipinski definition) is 1. The standard InChI is InChI=1S/C20H26N8/c1-14(2)9-27-10-15(11-27)17-12-28(13-22-17)20-24-18(21)23-19(25-20)26(3)16-7-5-4-6-8-16/h4-8,12-15H,9-11H2,1-3H3,(H2,21,23,24,25). The van der Waals surface area contributed by atoms with Gasteiger partial charge in [0.2, 0.25) is 17.8 Å². The molecule has 146 valence electrons. The predicted octanol–water partition coefficient (Wildman–Crippen LogP) is 2.46. The molecule has 2 aromatic heterocycles. The highest BCUT2D eigenvalue weighted by molar-refractivity contribution is 5.57. The van der Waals surface area contributed by atoms with Gasteiger partial charge in [-0.3, -0.25) is 4.57 Å². The van der Waals surface area contributed by atoms with Gasteiger partial charge in [0.25, 0.3) is 0 Å². The summed E-state index contributed by atoms with van der Waals surface area (Å²) in [5, 5.41) is 0. The number of anilines is 3. The molecule has 8 nitrogen and oxygen atoms in total. The number of imidazole rings is 1. The van der Waals surface area contributed by atoms with E-state index in [1.54, 1.807) is 6.33 Å². The molecular formula is C20H26N8. The molecule has 3 heterocycles. The van der Waals surface area contributed by atoms with Gasteiger partial charge in [-0.1, -0.05) is 32.0 Å². The lowest BCUT2D eigenvalue weighted by Gasteiger charge is -2.39. The third kappa shape index (κ3) is 3.82. The summed E-state index contributed by atoms with van der Waals surface area (Å²) in [5.74, 6) is 2.31. The lowest BCUT2D eigenvalue weighted by molar-refractivity contribution is 0.129. The minimum Gasteiger partial charge on any atom is -0.368 e. The Balaban J connectivity index is 1.53. The molecule has 1 aliphatic heterocycles. The van der Waals surface area contributed by atoms with E-state index < -0.39 is 0 Å². The number of nitrogen functional groups attached to an aromatic ring is 1. The highest BCUT2D eigenvalue weighted by Crippen LogP contribution is 2.27. The molecular weight excluding hydrogens is 352 g/mol. The minimum atomic E-state index is 0.185. The first-order valence-electron chi connectivity index (χ1n) is 9.56. The van der Waals surface area contributed by atoms with E-state index in [2.05, 4.69) is 38.7 Å². The summed E-state index contributed by atoms with van der Waals surface area (Å²) in [6.45, 7) is 7.73. The maximum absolute atomic E-state index is 5.95. The molecule has 0 atom stereocenters. The number of rotatable bonds is 6. The van der Waals surface area contributed by atoms with Crippen LogP contribution in [0.3, 0.4) is 0 Å². The number of hydrogen-bond acceptors (Lipinski definition) is 7. The number of likely N-dealkylation sites (tertiary alicyclic amines) is 1. The number of nitrogens with two attached hydrogens (primary N) is 1. The lowest BCUT2D eigenvalue weighted by Crippen LogP contribution is -2.46. The minimum absolute atomic E-state index is 0.185. The van der Waals surface area contributed by atoms with Crippen LogP contribution in [0.2, 0.25) is 0 Å². The van der Waals surface area contributed by atoms with E-state index in [-0.39, 0.29) is 5.95 Å². The molecule has 3 aromatic rings. The van der Waals surface area contributed by atoms with Crippen LogP contribution in [0.1, 0.15) is 25.5 Å². The first-order valence-corrected chi connectivity index (χ1v) is 9.56. The van der Waals surface area contributed by atoms with E-state index in [0.717, 1.165) is 31.0 Å². The molecule has 4 rings (SSSR count). The van der Waals surface area contributed by atoms with Crippen molar-refractivity contribution >= 4 is 17.6 Å². The van der Waals surface area contributed by atoms with E-state index in [1.807, 2.05) is 53.0 Å². The van der Waals surface area contributed by atoms with E-state index >= 15 is 0 Å². The molecule has 1 aromatic carbocycles. The van der Waals surface area contributed by atoms with Crippen LogP contribution < -0.4 is 10.6 Å². The van der Waals surface area contributed by atoms with Crippen LogP contribution in [0.25, 0.3) is 5.95 Å². The number of aromatic nitrogens is 5. The fraction of sp³-hybridized carbons (Fsp3) is 0.400. The smallest absolute Gasteiger partial charge is 0.241 e. The van der Waals surface area contributed by atoms with Crippen molar-refractivity contribution < 1.29 is 0 Å². The first-order chi connectivity index (χ1) is 13.5. The van der Waals surface area contributed by atoms with E-state index in [1.165, 1.54) is 0 Å². The largest absolute Gasteiger partial charge is 0.368 e. The maximum atomic E-state index is 5.95. The summed E-state index contributed by atoms with van der Waals surface area (Å²) in [4.78, 5) is 22.1. The van der Waals surface area contributed by atoms with Crippen molar-refractivity contribution in [3.05, 3.63) is 48.5 Å². The zero-order valence-corrected chi connectivity index (χ0v) is 16.5. The van der Waals surface area contributed by atoms with Crippen molar-refractivity contribution in [1.82, 2.24) is 29.4 Å². The molecule has 0 aliphatic carbocycles. The Morgan fingerprint density at radius 3 is 2.61 bits per heavy atom. The lowest BCUT2D eigenvalue weighted by atomic mass is 9.96. The Labute approximate surface area is 165 Å². The fourth-order valence-corrected chi connectivity index (χ4v) is 3.48. The van der Waals surface area contributed by atoms with Gasteiger partial charge in [0.15, 0.2) is 0 Å². The Bertz CT molecular complexity index is 930. The first kappa shape index (κ1) is 18.4. The molecule has 0 unspecified atom stereocenters. The summed E-state index contributed by atoms with van der Waals surface area (Å²) in [6, 6.07) is 9.91. The quantitative estimate of drug-likeness (QED) is 0.705. The topological polar surface area (TPSA) is 89.0 Å². The average molecular weight is 378 g/mol. The van der Waals surface area contributed by atoms with Crippen molar-refractivity contribution in [3.63, 3.8) is 0 Å². The Morgan fingerprint density at radius 1 is 1.14 bits per heavy atom. The van der Waals surface area contributed by atoms with Gasteiger partial charge in [0, 0.05) is 44.5 Å². The van der Waals surface area contributed by atoms with Crippen LogP contribution in [0.5, 0.6) is 0 Å². The van der Waals surface area contributed by atoms with Crippen LogP contribution in [0, 0.1) is 5.92 Å². The molecule has 2 N–H and O–H groups in total. The van der Waals surface area contributed by atoms with Gasteiger partial charge in [0.1, 0.15) is 6.33 Å². The Kier molecular flexibility index (Phi) is 4.95. The van der Waals surface area contributed by atoms with Gasteiger partial charge >= 0.3 is 0 Å². The molecule has 0 radical (unpaired) electrons. The average Bonchev–Trinajstić information content (AvgIpc) is 3.13. The summed E-state index contributed by atoms with van der Waals surface area (Å²) >= 11 is 0. The Hall–Kier alpha value is -3.00. The summed E-state index contributed by atoms with van der Waals surface area (Å²) in [7, 11) is 1.91. The van der Waals surface area contributed by atoms with Crippen molar-refractivity contribution in [2.75, 3.05) is 37.3 Å². The molecule has 28 heavy (non-hydrogen) atoms. The molecule has 0 spiro atoms. The molecule has 0 amide bonds. The summed E-state index contributed by atoms with van der Waals surface area (Å²) < 4.78 is 1.82. The van der Waals surface area contributed by atoms with Crippen LogP contribution in [0.15, 0.2) is 42.9 Å². The Morgan fingerprint density at radius 2 is 1.89 bits per heavy atom. The molecule has 1 fully saturated rings. The highest BCUT2D eigenvalue weighted by Gasteiger charge is 2.30. The second-order valence-corrected chi connectivity index (χ2v) is 7.70. The van der Waals surface area contributed by atoms with Gasteiger partial charge in [-0.2, -0.15) is 15.0 Å². The van der Waals surface area contributed by atoms with Gasteiger partial charge in [-0.15, -0.1) is 0 Å². The van der Waals surface area contributed by atoms with E-state index in [4.69, 9.17) is 5.73 Å². The van der Waals surface area contributed by atoms with Crippen LogP contribution in [0.4, 0.5) is 17.6 Å². The second kappa shape index (κ2) is 7.55. The molecule has 1 saturated heterocycles. The molecule has 0 saturated carbocycles. The SMILES string of the molecule is CC(C)CN1CC(c2cn(-c3nc(N)nc(N(C)c4ccccc4)n3)cn2)C1. The summed E-state index contributed by atoms with van der Waals surface area (Å²) in [6.07, 6.45) is 3.75. The second-order valence-electron chi connectivity index (χ2n) is 7.70. The van der Waals surface area contributed by atoms with Crippen molar-refractivity contribution in [1.29, 1.82) is 0 Å². The van der Waals surface area contributed by atoms with Gasteiger partial charge in [-0.05, 0) is 18.1 Å². The highest BCUT2D eigenvalue weighted by atomic mass is 15.3. The third-order valence-electron chi connectivity index (χ3n) is 4.90. The normalized spacial score (nSPS) is 15.0. The summed E-state index contributed by atoms with van der Waals surface area (Å²) in [5.41, 5.74) is 8.00. The number of benzene rings is 1. The maximum Gasteiger partial charge on any atom is 0.241 e. The van der Waals surface area contributed by atoms with Crippen molar-refractivity contribution in [3.8, 4) is 5.95 Å². The van der Waals surface area contributed by atoms with Crippen LogP contribution in [-0.2, 0) is 0 Å².